The van der Waals surface area contributed by atoms with Crippen molar-refractivity contribution in [2.24, 2.45) is 34.5 Å². The summed E-state index contributed by atoms with van der Waals surface area (Å²) in [5.41, 5.74) is 3.14. The Labute approximate surface area is 211 Å². The van der Waals surface area contributed by atoms with Gasteiger partial charge in [0, 0.05) is 19.5 Å². The summed E-state index contributed by atoms with van der Waals surface area (Å²) < 4.78 is 6.65. The topological polar surface area (TPSA) is 29.5 Å². The molecule has 186 valence electrons. The molecule has 1 saturated heterocycles. The molecule has 2 aromatic rings. The highest BCUT2D eigenvalue weighted by Gasteiger charge is 2.62. The first-order valence-electron chi connectivity index (χ1n) is 13.9. The zero-order valence-corrected chi connectivity index (χ0v) is 21.9. The number of benzene rings is 2. The molecule has 0 aromatic heterocycles. The number of rotatable bonds is 3. The maximum atomic E-state index is 12.5. The Balaban J connectivity index is 1.20. The zero-order valence-electron chi connectivity index (χ0n) is 21.9. The Bertz CT molecular complexity index is 1080. The van der Waals surface area contributed by atoms with Gasteiger partial charge < -0.3 is 9.64 Å². The summed E-state index contributed by atoms with van der Waals surface area (Å²) in [6, 6.07) is 19.7. The fourth-order valence-corrected chi connectivity index (χ4v) is 9.10. The van der Waals surface area contributed by atoms with Gasteiger partial charge >= 0.3 is 0 Å². The van der Waals surface area contributed by atoms with Crippen molar-refractivity contribution >= 4 is 5.91 Å². The molecule has 0 radical (unpaired) electrons. The highest BCUT2D eigenvalue weighted by atomic mass is 16.5. The SMILES string of the molecule is CC1CC2N(C)C(=O)CC[C@]2(C)[C@@H]2CC[C@]3(C)CC(Oc4ccc(-c5ccccc5)cc4)C[C@H]3[C@H]12. The van der Waals surface area contributed by atoms with Crippen LogP contribution in [0.15, 0.2) is 54.6 Å². The Kier molecular flexibility index (Phi) is 5.54. The maximum absolute atomic E-state index is 12.5. The molecule has 1 amide bonds. The van der Waals surface area contributed by atoms with Crippen molar-refractivity contribution in [3.05, 3.63) is 54.6 Å². The van der Waals surface area contributed by atoms with Crippen molar-refractivity contribution < 1.29 is 9.53 Å². The van der Waals surface area contributed by atoms with Crippen LogP contribution in [0.4, 0.5) is 0 Å². The summed E-state index contributed by atoms with van der Waals surface area (Å²) in [6.45, 7) is 7.55. The van der Waals surface area contributed by atoms with E-state index < -0.39 is 0 Å². The lowest BCUT2D eigenvalue weighted by Crippen LogP contribution is -2.62. The molecule has 1 heterocycles. The van der Waals surface area contributed by atoms with Crippen molar-refractivity contribution in [2.75, 3.05) is 7.05 Å². The predicted molar refractivity (Wildman–Crippen MR) is 141 cm³/mol. The molecule has 3 unspecified atom stereocenters. The van der Waals surface area contributed by atoms with Gasteiger partial charge in [0.2, 0.25) is 5.91 Å². The predicted octanol–water partition coefficient (Wildman–Crippen LogP) is 7.21. The van der Waals surface area contributed by atoms with E-state index in [1.165, 1.54) is 43.2 Å². The molecular formula is C32H41NO2. The summed E-state index contributed by atoms with van der Waals surface area (Å²) in [5, 5.41) is 0. The molecule has 35 heavy (non-hydrogen) atoms. The third-order valence-corrected chi connectivity index (χ3v) is 10.9. The van der Waals surface area contributed by atoms with Crippen LogP contribution in [0.2, 0.25) is 0 Å². The number of fused-ring (bicyclic) bond motifs is 5. The first-order valence-corrected chi connectivity index (χ1v) is 13.9. The fourth-order valence-electron chi connectivity index (χ4n) is 9.10. The molecule has 3 aliphatic carbocycles. The van der Waals surface area contributed by atoms with Crippen LogP contribution >= 0.6 is 0 Å². The van der Waals surface area contributed by atoms with Crippen LogP contribution in [0.1, 0.15) is 65.7 Å². The standard InChI is InChI=1S/C32H41NO2/c1-21-18-28-32(3,17-15-29(34)33(28)4)26-14-16-31(2)20-25(19-27(31)30(21)26)35-24-12-10-23(11-13-24)22-8-6-5-7-9-22/h5-13,21,25-28,30H,14-20H2,1-4H3/t21?,25?,26-,27+,28?,30-,31-,32-/m1/s1. The van der Waals surface area contributed by atoms with Gasteiger partial charge in [0.05, 0.1) is 6.10 Å². The molecule has 3 heteroatoms. The number of carbonyl (C=O) groups excluding carboxylic acids is 1. The van der Waals surface area contributed by atoms with E-state index in [0.29, 0.717) is 29.4 Å². The van der Waals surface area contributed by atoms with Gasteiger partial charge in [0.1, 0.15) is 5.75 Å². The smallest absolute Gasteiger partial charge is 0.222 e. The number of nitrogens with zero attached hydrogens (tertiary/aromatic N) is 1. The van der Waals surface area contributed by atoms with Crippen molar-refractivity contribution in [3.63, 3.8) is 0 Å². The van der Waals surface area contributed by atoms with E-state index in [9.17, 15) is 4.79 Å². The number of amides is 1. The van der Waals surface area contributed by atoms with E-state index in [4.69, 9.17) is 4.74 Å². The number of hydrogen-bond acceptors (Lipinski definition) is 2. The largest absolute Gasteiger partial charge is 0.490 e. The van der Waals surface area contributed by atoms with Gasteiger partial charge in [-0.3, -0.25) is 4.79 Å². The summed E-state index contributed by atoms with van der Waals surface area (Å²) >= 11 is 0. The Morgan fingerprint density at radius 1 is 0.914 bits per heavy atom. The fraction of sp³-hybridized carbons (Fsp3) is 0.594. The maximum Gasteiger partial charge on any atom is 0.222 e. The Morgan fingerprint density at radius 3 is 2.37 bits per heavy atom. The van der Waals surface area contributed by atoms with E-state index in [0.717, 1.165) is 36.3 Å². The van der Waals surface area contributed by atoms with E-state index >= 15 is 0 Å². The number of carbonyl (C=O) groups is 1. The summed E-state index contributed by atoms with van der Waals surface area (Å²) in [5.74, 6) is 4.24. The van der Waals surface area contributed by atoms with Crippen LogP contribution in [0, 0.1) is 34.5 Å². The van der Waals surface area contributed by atoms with Gasteiger partial charge in [-0.15, -0.1) is 0 Å². The number of hydrogen-bond donors (Lipinski definition) is 0. The lowest BCUT2D eigenvalue weighted by Gasteiger charge is -2.63. The second-order valence-electron chi connectivity index (χ2n) is 12.8. The number of likely N-dealkylation sites (tertiary alicyclic amines) is 1. The van der Waals surface area contributed by atoms with Gasteiger partial charge in [0.25, 0.3) is 0 Å². The van der Waals surface area contributed by atoms with Crippen LogP contribution in [0.3, 0.4) is 0 Å². The van der Waals surface area contributed by atoms with Gasteiger partial charge in [-0.2, -0.15) is 0 Å². The molecule has 4 aliphatic rings. The molecule has 0 bridgehead atoms. The highest BCUT2D eigenvalue weighted by molar-refractivity contribution is 5.77. The molecule has 8 atom stereocenters. The van der Waals surface area contributed by atoms with Crippen LogP contribution in [-0.2, 0) is 4.79 Å². The Hall–Kier alpha value is -2.29. The lowest BCUT2D eigenvalue weighted by molar-refractivity contribution is -0.164. The monoisotopic (exact) mass is 471 g/mol. The molecule has 3 saturated carbocycles. The highest BCUT2D eigenvalue weighted by Crippen LogP contribution is 2.66. The van der Waals surface area contributed by atoms with Gasteiger partial charge in [-0.05, 0) is 96.3 Å². The van der Waals surface area contributed by atoms with E-state index in [1.54, 1.807) is 0 Å². The minimum atomic E-state index is 0.271. The normalized spacial score (nSPS) is 40.6. The minimum absolute atomic E-state index is 0.271. The van der Waals surface area contributed by atoms with Gasteiger partial charge in [-0.25, -0.2) is 0 Å². The van der Waals surface area contributed by atoms with Crippen LogP contribution < -0.4 is 4.74 Å². The average molecular weight is 472 g/mol. The summed E-state index contributed by atoms with van der Waals surface area (Å²) in [4.78, 5) is 14.6. The Morgan fingerprint density at radius 2 is 1.63 bits per heavy atom. The molecule has 0 N–H and O–H groups in total. The first-order chi connectivity index (χ1) is 16.8. The van der Waals surface area contributed by atoms with Crippen molar-refractivity contribution in [2.45, 2.75) is 77.9 Å². The van der Waals surface area contributed by atoms with Crippen LogP contribution in [0.25, 0.3) is 11.1 Å². The third-order valence-electron chi connectivity index (χ3n) is 10.9. The molecule has 3 nitrogen and oxygen atoms in total. The first kappa shape index (κ1) is 23.1. The molecule has 6 rings (SSSR count). The van der Waals surface area contributed by atoms with E-state index in [1.807, 2.05) is 0 Å². The van der Waals surface area contributed by atoms with Crippen molar-refractivity contribution in [3.8, 4) is 16.9 Å². The van der Waals surface area contributed by atoms with Crippen molar-refractivity contribution in [1.29, 1.82) is 0 Å². The third kappa shape index (κ3) is 3.72. The summed E-state index contributed by atoms with van der Waals surface area (Å²) in [6.07, 6.45) is 8.25. The van der Waals surface area contributed by atoms with E-state index in [2.05, 4.69) is 87.3 Å². The number of ether oxygens (including phenoxy) is 1. The summed E-state index contributed by atoms with van der Waals surface area (Å²) in [7, 11) is 2.06. The molecule has 0 spiro atoms. The van der Waals surface area contributed by atoms with Crippen LogP contribution in [0.5, 0.6) is 5.75 Å². The van der Waals surface area contributed by atoms with Gasteiger partial charge in [0.15, 0.2) is 0 Å². The second-order valence-corrected chi connectivity index (χ2v) is 12.8. The second kappa shape index (κ2) is 8.39. The quantitative estimate of drug-likeness (QED) is 0.473. The van der Waals surface area contributed by atoms with Crippen LogP contribution in [-0.4, -0.2) is 30.0 Å². The molecular weight excluding hydrogens is 430 g/mol. The molecule has 2 aromatic carbocycles. The number of piperidine rings is 1. The van der Waals surface area contributed by atoms with Crippen molar-refractivity contribution in [1.82, 2.24) is 4.90 Å². The molecule has 1 aliphatic heterocycles. The molecule has 4 fully saturated rings. The lowest BCUT2D eigenvalue weighted by atomic mass is 9.45. The average Bonchev–Trinajstić information content (AvgIpc) is 3.20. The zero-order chi connectivity index (χ0) is 24.4. The van der Waals surface area contributed by atoms with E-state index in [-0.39, 0.29) is 5.41 Å². The van der Waals surface area contributed by atoms with Gasteiger partial charge in [-0.1, -0.05) is 63.2 Å². The minimum Gasteiger partial charge on any atom is -0.490 e.